The number of imidazole rings is 1. The van der Waals surface area contributed by atoms with Gasteiger partial charge in [0.05, 0.1) is 30.2 Å². The molecule has 1 amide bonds. The van der Waals surface area contributed by atoms with Crippen molar-refractivity contribution in [2.24, 2.45) is 18.9 Å². The van der Waals surface area contributed by atoms with Crippen LogP contribution in [-0.2, 0) is 17.1 Å². The number of nitrogens with zero attached hydrogens (tertiary/aromatic N) is 4. The van der Waals surface area contributed by atoms with Crippen LogP contribution in [0.15, 0.2) is 35.7 Å². The van der Waals surface area contributed by atoms with Crippen molar-refractivity contribution in [3.63, 3.8) is 0 Å². The van der Waals surface area contributed by atoms with Crippen LogP contribution in [0.25, 0.3) is 0 Å². The first-order chi connectivity index (χ1) is 18.1. The van der Waals surface area contributed by atoms with Crippen molar-refractivity contribution in [1.29, 1.82) is 0 Å². The molecule has 0 bridgehead atoms. The number of para-hydroxylation sites is 1. The highest BCUT2D eigenvalue weighted by Crippen LogP contribution is 2.36. The largest absolute Gasteiger partial charge is 0.486 e. The smallest absolute Gasteiger partial charge is 0.281 e. The third-order valence-corrected chi connectivity index (χ3v) is 8.93. The molecule has 2 heterocycles. The summed E-state index contributed by atoms with van der Waals surface area (Å²) in [6.07, 6.45) is 8.87. The SMILES string of the molecule is C[C@@H]1CN([C@H](C)CO)C(=O)c2cccc(NS(=O)(=O)c3cn(C)cn3)c2O[C@@H]1CN(C)CC1CCCCC1. The van der Waals surface area contributed by atoms with Crippen LogP contribution in [-0.4, -0.2) is 84.2 Å². The van der Waals surface area contributed by atoms with Gasteiger partial charge in [0.15, 0.2) is 10.8 Å². The van der Waals surface area contributed by atoms with Crippen LogP contribution in [0.3, 0.4) is 0 Å². The lowest BCUT2D eigenvalue weighted by Gasteiger charge is -2.39. The number of hydrogen-bond donors (Lipinski definition) is 2. The number of carbonyl (C=O) groups is 1. The lowest BCUT2D eigenvalue weighted by Crippen LogP contribution is -2.50. The molecule has 10 nitrogen and oxygen atoms in total. The molecule has 1 aromatic heterocycles. The van der Waals surface area contributed by atoms with Gasteiger partial charge in [0.1, 0.15) is 6.10 Å². The number of aromatic nitrogens is 2. The van der Waals surface area contributed by atoms with E-state index in [4.69, 9.17) is 4.74 Å². The quantitative estimate of drug-likeness (QED) is 0.496. The average Bonchev–Trinajstić information content (AvgIpc) is 3.34. The fourth-order valence-electron chi connectivity index (χ4n) is 5.46. The highest BCUT2D eigenvalue weighted by atomic mass is 32.2. The number of benzene rings is 1. The van der Waals surface area contributed by atoms with Crippen molar-refractivity contribution in [1.82, 2.24) is 19.4 Å². The molecule has 2 N–H and O–H groups in total. The Bertz CT molecular complexity index is 1210. The number of aryl methyl sites for hydroxylation is 1. The Morgan fingerprint density at radius 3 is 2.63 bits per heavy atom. The van der Waals surface area contributed by atoms with Crippen molar-refractivity contribution >= 4 is 21.6 Å². The zero-order valence-electron chi connectivity index (χ0n) is 22.8. The molecule has 2 aromatic rings. The minimum absolute atomic E-state index is 0.0599. The molecule has 11 heteroatoms. The van der Waals surface area contributed by atoms with Gasteiger partial charge in [0.25, 0.3) is 15.9 Å². The lowest BCUT2D eigenvalue weighted by atomic mass is 9.89. The minimum Gasteiger partial charge on any atom is -0.486 e. The summed E-state index contributed by atoms with van der Waals surface area (Å²) in [4.78, 5) is 21.6. The first-order valence-electron chi connectivity index (χ1n) is 13.5. The van der Waals surface area contributed by atoms with Gasteiger partial charge in [-0.2, -0.15) is 8.42 Å². The molecule has 1 aliphatic carbocycles. The number of nitrogens with one attached hydrogen (secondary N) is 1. The van der Waals surface area contributed by atoms with Gasteiger partial charge in [-0.3, -0.25) is 9.52 Å². The molecule has 38 heavy (non-hydrogen) atoms. The molecular formula is C27H41N5O5S. The summed E-state index contributed by atoms with van der Waals surface area (Å²) in [6.45, 7) is 5.70. The van der Waals surface area contributed by atoms with Gasteiger partial charge in [-0.25, -0.2) is 4.98 Å². The predicted molar refractivity (Wildman–Crippen MR) is 146 cm³/mol. The summed E-state index contributed by atoms with van der Waals surface area (Å²) < 4.78 is 36.9. The van der Waals surface area contributed by atoms with Crippen molar-refractivity contribution < 1.29 is 23.1 Å². The molecule has 2 aliphatic rings. The third kappa shape index (κ3) is 6.50. The summed E-state index contributed by atoms with van der Waals surface area (Å²) in [5.74, 6) is 0.504. The van der Waals surface area contributed by atoms with E-state index >= 15 is 0 Å². The van der Waals surface area contributed by atoms with E-state index in [1.807, 2.05) is 13.8 Å². The Labute approximate surface area is 226 Å². The van der Waals surface area contributed by atoms with Crippen LogP contribution in [0.2, 0.25) is 0 Å². The highest BCUT2D eigenvalue weighted by Gasteiger charge is 2.35. The highest BCUT2D eigenvalue weighted by molar-refractivity contribution is 7.92. The number of fused-ring (bicyclic) bond motifs is 1. The molecule has 3 atom stereocenters. The standard InChI is InChI=1S/C27H41N5O5S/c1-19-13-32(20(2)17-33)27(34)22-11-8-12-23(29-38(35,36)25-16-31(4)18-28-25)26(22)37-24(19)15-30(3)14-21-9-6-5-7-10-21/h8,11-12,16,18-21,24,29,33H,5-7,9-10,13-15,17H2,1-4H3/t19-,20-,24-/m1/s1. The number of sulfonamides is 1. The maximum Gasteiger partial charge on any atom is 0.281 e. The molecule has 1 fully saturated rings. The number of hydrogen-bond acceptors (Lipinski definition) is 7. The van der Waals surface area contributed by atoms with E-state index in [9.17, 15) is 18.3 Å². The Kier molecular flexibility index (Phi) is 9.00. The van der Waals surface area contributed by atoms with Crippen molar-refractivity contribution in [3.05, 3.63) is 36.3 Å². The fourth-order valence-corrected chi connectivity index (χ4v) is 6.50. The Morgan fingerprint density at radius 2 is 1.97 bits per heavy atom. The van der Waals surface area contributed by atoms with Crippen molar-refractivity contribution in [2.75, 3.05) is 38.0 Å². The zero-order chi connectivity index (χ0) is 27.4. The number of amides is 1. The number of aliphatic hydroxyl groups is 1. The summed E-state index contributed by atoms with van der Waals surface area (Å²) in [5.41, 5.74) is 0.450. The molecule has 1 saturated carbocycles. The maximum atomic E-state index is 13.6. The van der Waals surface area contributed by atoms with Gasteiger partial charge in [-0.05, 0) is 44.9 Å². The molecular weight excluding hydrogens is 506 g/mol. The maximum absolute atomic E-state index is 13.6. The van der Waals surface area contributed by atoms with E-state index < -0.39 is 16.1 Å². The van der Waals surface area contributed by atoms with Gasteiger partial charge < -0.3 is 24.2 Å². The van der Waals surface area contributed by atoms with Crippen molar-refractivity contribution in [3.8, 4) is 5.75 Å². The molecule has 4 rings (SSSR count). The van der Waals surface area contributed by atoms with Crippen LogP contribution in [0.4, 0.5) is 5.69 Å². The lowest BCUT2D eigenvalue weighted by molar-refractivity contribution is 0.0333. The Morgan fingerprint density at radius 1 is 1.24 bits per heavy atom. The van der Waals surface area contributed by atoms with Crippen molar-refractivity contribution in [2.45, 2.75) is 63.1 Å². The van der Waals surface area contributed by atoms with E-state index in [0.717, 1.165) is 6.54 Å². The average molecular weight is 548 g/mol. The molecule has 1 aliphatic heterocycles. The van der Waals surface area contributed by atoms with Gasteiger partial charge in [0.2, 0.25) is 0 Å². The summed E-state index contributed by atoms with van der Waals surface area (Å²) in [7, 11) is -0.220. The number of ether oxygens (including phenoxy) is 1. The molecule has 210 valence electrons. The molecule has 0 saturated heterocycles. The number of carbonyl (C=O) groups excluding carboxylic acids is 1. The second-order valence-corrected chi connectivity index (χ2v) is 12.6. The number of likely N-dealkylation sites (N-methyl/N-ethyl adjacent to an activating group) is 1. The monoisotopic (exact) mass is 547 g/mol. The third-order valence-electron chi connectivity index (χ3n) is 7.68. The van der Waals surface area contributed by atoms with Gasteiger partial charge in [-0.1, -0.05) is 32.3 Å². The summed E-state index contributed by atoms with van der Waals surface area (Å²) in [5, 5.41) is 9.77. The molecule has 1 aromatic carbocycles. The first kappa shape index (κ1) is 28.4. The zero-order valence-corrected chi connectivity index (χ0v) is 23.7. The Balaban J connectivity index is 1.67. The molecule has 0 radical (unpaired) electrons. The predicted octanol–water partition coefficient (Wildman–Crippen LogP) is 2.95. The van der Waals surface area contributed by atoms with Crippen LogP contribution < -0.4 is 9.46 Å². The number of anilines is 1. The van der Waals surface area contributed by atoms with Crippen LogP contribution in [0.5, 0.6) is 5.75 Å². The van der Waals surface area contributed by atoms with Gasteiger partial charge in [0, 0.05) is 38.8 Å². The Hall–Kier alpha value is -2.63. The van der Waals surface area contributed by atoms with Crippen LogP contribution in [0.1, 0.15) is 56.3 Å². The minimum atomic E-state index is -4.01. The van der Waals surface area contributed by atoms with E-state index in [0.29, 0.717) is 19.0 Å². The molecule has 0 unspecified atom stereocenters. The van der Waals surface area contributed by atoms with Crippen LogP contribution >= 0.6 is 0 Å². The summed E-state index contributed by atoms with van der Waals surface area (Å²) >= 11 is 0. The van der Waals surface area contributed by atoms with E-state index in [-0.39, 0.29) is 46.6 Å². The first-order valence-corrected chi connectivity index (χ1v) is 15.0. The van der Waals surface area contributed by atoms with E-state index in [2.05, 4.69) is 21.7 Å². The van der Waals surface area contributed by atoms with E-state index in [1.54, 1.807) is 34.7 Å². The fraction of sp³-hybridized carbons (Fsp3) is 0.630. The topological polar surface area (TPSA) is 117 Å². The summed E-state index contributed by atoms with van der Waals surface area (Å²) in [6, 6.07) is 4.48. The van der Waals surface area contributed by atoms with Gasteiger partial charge >= 0.3 is 0 Å². The second kappa shape index (κ2) is 12.0. The normalized spacial score (nSPS) is 21.9. The second-order valence-electron chi connectivity index (χ2n) is 11.0. The van der Waals surface area contributed by atoms with E-state index in [1.165, 1.54) is 44.6 Å². The van der Waals surface area contributed by atoms with Gasteiger partial charge in [-0.15, -0.1) is 0 Å². The molecule has 0 spiro atoms. The van der Waals surface area contributed by atoms with Crippen LogP contribution in [0, 0.1) is 11.8 Å². The number of aliphatic hydroxyl groups excluding tert-OH is 1. The number of rotatable bonds is 9.